The summed E-state index contributed by atoms with van der Waals surface area (Å²) in [4.78, 5) is 24.0. The summed E-state index contributed by atoms with van der Waals surface area (Å²) in [5.41, 5.74) is 1.92. The van der Waals surface area contributed by atoms with Gasteiger partial charge >= 0.3 is 0 Å². The van der Waals surface area contributed by atoms with Crippen LogP contribution >= 0.6 is 11.8 Å². The lowest BCUT2D eigenvalue weighted by molar-refractivity contribution is -0.114. The van der Waals surface area contributed by atoms with Gasteiger partial charge in [-0.2, -0.15) is 0 Å². The highest BCUT2D eigenvalue weighted by Crippen LogP contribution is 2.27. The van der Waals surface area contributed by atoms with Crippen molar-refractivity contribution in [2.45, 2.75) is 18.7 Å². The predicted molar refractivity (Wildman–Crippen MR) is 91.2 cm³/mol. The van der Waals surface area contributed by atoms with Crippen LogP contribution in [-0.2, 0) is 9.59 Å². The van der Waals surface area contributed by atoms with E-state index in [2.05, 4.69) is 10.6 Å². The summed E-state index contributed by atoms with van der Waals surface area (Å²) in [5, 5.41) is 5.42. The zero-order valence-electron chi connectivity index (χ0n) is 12.9. The van der Waals surface area contributed by atoms with E-state index in [1.807, 2.05) is 18.2 Å². The Labute approximate surface area is 138 Å². The second-order valence-corrected chi connectivity index (χ2v) is 5.99. The van der Waals surface area contributed by atoms with Crippen molar-refractivity contribution >= 4 is 35.0 Å². The first-order chi connectivity index (χ1) is 11.0. The topological polar surface area (TPSA) is 58.2 Å². The first kappa shape index (κ1) is 17.0. The molecule has 0 fully saturated rings. The number of benzene rings is 2. The van der Waals surface area contributed by atoms with E-state index in [1.165, 1.54) is 30.8 Å². The smallest absolute Gasteiger partial charge is 0.234 e. The van der Waals surface area contributed by atoms with Gasteiger partial charge in [-0.1, -0.05) is 18.2 Å². The lowest BCUT2D eigenvalue weighted by Crippen LogP contribution is -2.15. The molecule has 0 aliphatic rings. The molecule has 2 rings (SSSR count). The van der Waals surface area contributed by atoms with Gasteiger partial charge in [-0.05, 0) is 36.8 Å². The molecule has 0 saturated heterocycles. The van der Waals surface area contributed by atoms with E-state index in [1.54, 1.807) is 19.1 Å². The molecule has 0 atom stereocenters. The first-order valence-electron chi connectivity index (χ1n) is 7.01. The van der Waals surface area contributed by atoms with Gasteiger partial charge in [0, 0.05) is 17.5 Å². The van der Waals surface area contributed by atoms with Gasteiger partial charge in [-0.3, -0.25) is 9.59 Å². The van der Waals surface area contributed by atoms with Gasteiger partial charge in [-0.15, -0.1) is 11.8 Å². The lowest BCUT2D eigenvalue weighted by atomic mass is 10.2. The van der Waals surface area contributed by atoms with Crippen LogP contribution in [0.3, 0.4) is 0 Å². The van der Waals surface area contributed by atoms with Crippen LogP contribution in [0, 0.1) is 12.7 Å². The number of carbonyl (C=O) groups excluding carboxylic acids is 2. The second kappa shape index (κ2) is 7.78. The molecule has 2 N–H and O–H groups in total. The Hall–Kier alpha value is -2.34. The zero-order chi connectivity index (χ0) is 16.8. The van der Waals surface area contributed by atoms with Crippen molar-refractivity contribution in [1.82, 2.24) is 0 Å². The molecule has 0 aliphatic heterocycles. The Morgan fingerprint density at radius 3 is 2.57 bits per heavy atom. The van der Waals surface area contributed by atoms with Crippen LogP contribution in [0.25, 0.3) is 0 Å². The molecule has 0 unspecified atom stereocenters. The minimum absolute atomic E-state index is 0.159. The SMILES string of the molecule is CC(=O)Nc1ccccc1SCC(=O)Nc1cc(F)ccc1C. The number of para-hydroxylation sites is 1. The average molecular weight is 332 g/mol. The summed E-state index contributed by atoms with van der Waals surface area (Å²) in [7, 11) is 0. The number of rotatable bonds is 5. The van der Waals surface area contributed by atoms with Gasteiger partial charge in [-0.25, -0.2) is 4.39 Å². The monoisotopic (exact) mass is 332 g/mol. The minimum Gasteiger partial charge on any atom is -0.325 e. The third kappa shape index (κ3) is 5.10. The molecule has 0 aliphatic carbocycles. The van der Waals surface area contributed by atoms with Crippen LogP contribution in [0.1, 0.15) is 12.5 Å². The van der Waals surface area contributed by atoms with E-state index >= 15 is 0 Å². The maximum Gasteiger partial charge on any atom is 0.234 e. The van der Waals surface area contributed by atoms with Crippen molar-refractivity contribution in [2.75, 3.05) is 16.4 Å². The molecule has 0 heterocycles. The van der Waals surface area contributed by atoms with Gasteiger partial charge in [0.05, 0.1) is 11.4 Å². The number of anilines is 2. The number of hydrogen-bond acceptors (Lipinski definition) is 3. The average Bonchev–Trinajstić information content (AvgIpc) is 2.49. The molecule has 6 heteroatoms. The van der Waals surface area contributed by atoms with Crippen LogP contribution in [0.2, 0.25) is 0 Å². The molecule has 0 bridgehead atoms. The zero-order valence-corrected chi connectivity index (χ0v) is 13.7. The van der Waals surface area contributed by atoms with Crippen molar-refractivity contribution in [1.29, 1.82) is 0 Å². The Balaban J connectivity index is 1.99. The van der Waals surface area contributed by atoms with E-state index in [4.69, 9.17) is 0 Å². The van der Waals surface area contributed by atoms with E-state index in [0.29, 0.717) is 11.4 Å². The van der Waals surface area contributed by atoms with Crippen LogP contribution in [0.15, 0.2) is 47.4 Å². The number of aryl methyl sites for hydroxylation is 1. The molecule has 0 spiro atoms. The second-order valence-electron chi connectivity index (χ2n) is 4.97. The molecular formula is C17H17FN2O2S. The lowest BCUT2D eigenvalue weighted by Gasteiger charge is -2.10. The number of thioether (sulfide) groups is 1. The third-order valence-corrected chi connectivity index (χ3v) is 4.10. The van der Waals surface area contributed by atoms with Gasteiger partial charge in [0.2, 0.25) is 11.8 Å². The molecule has 23 heavy (non-hydrogen) atoms. The maximum absolute atomic E-state index is 13.2. The summed E-state index contributed by atoms with van der Waals surface area (Å²) in [6, 6.07) is 11.5. The first-order valence-corrected chi connectivity index (χ1v) is 7.99. The Morgan fingerprint density at radius 2 is 1.83 bits per heavy atom. The normalized spacial score (nSPS) is 10.2. The maximum atomic E-state index is 13.2. The molecule has 0 radical (unpaired) electrons. The number of halogens is 1. The van der Waals surface area contributed by atoms with Gasteiger partial charge < -0.3 is 10.6 Å². The number of hydrogen-bond donors (Lipinski definition) is 2. The van der Waals surface area contributed by atoms with Gasteiger partial charge in [0.15, 0.2) is 0 Å². The van der Waals surface area contributed by atoms with Crippen LogP contribution in [0.5, 0.6) is 0 Å². The molecule has 2 aromatic carbocycles. The van der Waals surface area contributed by atoms with Crippen molar-refractivity contribution in [3.8, 4) is 0 Å². The third-order valence-electron chi connectivity index (χ3n) is 3.03. The number of carbonyl (C=O) groups is 2. The summed E-state index contributed by atoms with van der Waals surface area (Å²) in [5.74, 6) is -0.638. The molecule has 120 valence electrons. The van der Waals surface area contributed by atoms with E-state index in [9.17, 15) is 14.0 Å². The van der Waals surface area contributed by atoms with Crippen molar-refractivity contribution in [3.63, 3.8) is 0 Å². The molecule has 4 nitrogen and oxygen atoms in total. The largest absolute Gasteiger partial charge is 0.325 e. The highest BCUT2D eigenvalue weighted by atomic mass is 32.2. The van der Waals surface area contributed by atoms with E-state index < -0.39 is 5.82 Å². The quantitative estimate of drug-likeness (QED) is 0.818. The van der Waals surface area contributed by atoms with Crippen LogP contribution in [0.4, 0.5) is 15.8 Å². The fourth-order valence-electron chi connectivity index (χ4n) is 1.94. The summed E-state index contributed by atoms with van der Waals surface area (Å²) < 4.78 is 13.2. The number of nitrogens with one attached hydrogen (secondary N) is 2. The number of amides is 2. The molecular weight excluding hydrogens is 315 g/mol. The van der Waals surface area contributed by atoms with Crippen molar-refractivity contribution < 1.29 is 14.0 Å². The van der Waals surface area contributed by atoms with Crippen LogP contribution in [-0.4, -0.2) is 17.6 Å². The minimum atomic E-state index is -0.394. The fraction of sp³-hybridized carbons (Fsp3) is 0.176. The van der Waals surface area contributed by atoms with E-state index in [-0.39, 0.29) is 17.6 Å². The van der Waals surface area contributed by atoms with Gasteiger partial charge in [0.1, 0.15) is 5.82 Å². The summed E-state index contributed by atoms with van der Waals surface area (Å²) in [6.45, 7) is 3.23. The molecule has 2 amide bonds. The molecule has 2 aromatic rings. The van der Waals surface area contributed by atoms with Crippen molar-refractivity contribution in [2.24, 2.45) is 0 Å². The Kier molecular flexibility index (Phi) is 5.76. The highest BCUT2D eigenvalue weighted by molar-refractivity contribution is 8.00. The highest BCUT2D eigenvalue weighted by Gasteiger charge is 2.09. The van der Waals surface area contributed by atoms with Crippen LogP contribution < -0.4 is 10.6 Å². The van der Waals surface area contributed by atoms with Gasteiger partial charge in [0.25, 0.3) is 0 Å². The summed E-state index contributed by atoms with van der Waals surface area (Å²) in [6.07, 6.45) is 0. The van der Waals surface area contributed by atoms with E-state index in [0.717, 1.165) is 10.5 Å². The van der Waals surface area contributed by atoms with Crippen molar-refractivity contribution in [3.05, 3.63) is 53.8 Å². The fourth-order valence-corrected chi connectivity index (χ4v) is 2.75. The Morgan fingerprint density at radius 1 is 1.09 bits per heavy atom. The standard InChI is InChI=1S/C17H17FN2O2S/c1-11-7-8-13(18)9-15(11)20-17(22)10-23-16-6-4-3-5-14(16)19-12(2)21/h3-9H,10H2,1-2H3,(H,19,21)(H,20,22). The molecule has 0 aromatic heterocycles. The predicted octanol–water partition coefficient (Wildman–Crippen LogP) is 3.82. The molecule has 0 saturated carbocycles. The Bertz CT molecular complexity index is 734. The summed E-state index contributed by atoms with van der Waals surface area (Å²) >= 11 is 1.31.